The van der Waals surface area contributed by atoms with E-state index in [1.165, 1.54) is 0 Å². The number of ether oxygens (including phenoxy) is 3. The highest BCUT2D eigenvalue weighted by Gasteiger charge is 2.33. The molecule has 0 saturated carbocycles. The predicted octanol–water partition coefficient (Wildman–Crippen LogP) is 2.04. The highest BCUT2D eigenvalue weighted by Crippen LogP contribution is 2.25. The van der Waals surface area contributed by atoms with Gasteiger partial charge in [0.1, 0.15) is 18.8 Å². The van der Waals surface area contributed by atoms with Crippen LogP contribution in [0.4, 0.5) is 0 Å². The van der Waals surface area contributed by atoms with Crippen LogP contribution in [0.2, 0.25) is 0 Å². The van der Waals surface area contributed by atoms with Gasteiger partial charge in [-0.3, -0.25) is 9.59 Å². The fourth-order valence-corrected chi connectivity index (χ4v) is 2.61. The minimum atomic E-state index is -0.666. The van der Waals surface area contributed by atoms with Gasteiger partial charge >= 0.3 is 11.9 Å². The Labute approximate surface area is 139 Å². The number of carbonyl (C=O) groups is 2. The Balaban J connectivity index is 2.81. The lowest BCUT2D eigenvalue weighted by atomic mass is 9.91. The van der Waals surface area contributed by atoms with Crippen LogP contribution in [0.15, 0.2) is 0 Å². The highest BCUT2D eigenvalue weighted by atomic mass is 16.6. The molecule has 6 heteroatoms. The molecular formula is C17H31NO5. The predicted molar refractivity (Wildman–Crippen MR) is 86.7 cm³/mol. The van der Waals surface area contributed by atoms with Gasteiger partial charge in [0, 0.05) is 12.5 Å². The zero-order chi connectivity index (χ0) is 17.4. The molecule has 0 aromatic heterocycles. The molecule has 0 amide bonds. The van der Waals surface area contributed by atoms with E-state index >= 15 is 0 Å². The lowest BCUT2D eigenvalue weighted by Gasteiger charge is -2.30. The van der Waals surface area contributed by atoms with Crippen LogP contribution in [-0.2, 0) is 23.8 Å². The number of carbonyl (C=O) groups excluding carboxylic acids is 2. The van der Waals surface area contributed by atoms with E-state index in [-0.39, 0.29) is 42.6 Å². The Morgan fingerprint density at radius 1 is 1.43 bits per heavy atom. The fourth-order valence-electron chi connectivity index (χ4n) is 2.61. The van der Waals surface area contributed by atoms with E-state index < -0.39 is 6.04 Å². The van der Waals surface area contributed by atoms with Crippen molar-refractivity contribution in [3.8, 4) is 0 Å². The molecule has 23 heavy (non-hydrogen) atoms. The molecule has 0 spiro atoms. The van der Waals surface area contributed by atoms with Crippen LogP contribution in [0, 0.1) is 11.8 Å². The van der Waals surface area contributed by atoms with Crippen LogP contribution < -0.4 is 5.73 Å². The molecule has 0 radical (unpaired) electrons. The van der Waals surface area contributed by atoms with Gasteiger partial charge < -0.3 is 19.9 Å². The molecule has 0 bridgehead atoms. The minimum Gasteiger partial charge on any atom is -0.463 e. The SMILES string of the molecule is CCCC[C@H]1[C@H](C)OC(=O)[C@@H](N)CCO[C@@H]1COC(=O)C(C)C. The van der Waals surface area contributed by atoms with Crippen molar-refractivity contribution in [2.45, 2.75) is 71.6 Å². The summed E-state index contributed by atoms with van der Waals surface area (Å²) in [4.78, 5) is 23.7. The van der Waals surface area contributed by atoms with E-state index in [1.807, 2.05) is 6.92 Å². The van der Waals surface area contributed by atoms with Crippen molar-refractivity contribution >= 4 is 11.9 Å². The van der Waals surface area contributed by atoms with Crippen LogP contribution in [0.25, 0.3) is 0 Å². The van der Waals surface area contributed by atoms with E-state index in [4.69, 9.17) is 19.9 Å². The van der Waals surface area contributed by atoms with Crippen LogP contribution in [0.5, 0.6) is 0 Å². The van der Waals surface area contributed by atoms with E-state index in [1.54, 1.807) is 13.8 Å². The molecule has 0 aliphatic carbocycles. The number of esters is 2. The molecular weight excluding hydrogens is 298 g/mol. The summed E-state index contributed by atoms with van der Waals surface area (Å²) < 4.78 is 16.8. The summed E-state index contributed by atoms with van der Waals surface area (Å²) in [6.45, 7) is 8.10. The second kappa shape index (κ2) is 9.88. The van der Waals surface area contributed by atoms with Crippen molar-refractivity contribution in [3.05, 3.63) is 0 Å². The fraction of sp³-hybridized carbons (Fsp3) is 0.882. The second-order valence-electron chi connectivity index (χ2n) is 6.54. The molecule has 6 nitrogen and oxygen atoms in total. The smallest absolute Gasteiger partial charge is 0.323 e. The van der Waals surface area contributed by atoms with Crippen molar-refractivity contribution in [3.63, 3.8) is 0 Å². The van der Waals surface area contributed by atoms with E-state index in [9.17, 15) is 9.59 Å². The largest absolute Gasteiger partial charge is 0.463 e. The van der Waals surface area contributed by atoms with Gasteiger partial charge in [-0.1, -0.05) is 33.6 Å². The summed E-state index contributed by atoms with van der Waals surface area (Å²) in [5, 5.41) is 0. The molecule has 1 fully saturated rings. The average molecular weight is 329 g/mol. The number of rotatable bonds is 6. The quantitative estimate of drug-likeness (QED) is 0.750. The van der Waals surface area contributed by atoms with Crippen molar-refractivity contribution in [1.29, 1.82) is 0 Å². The van der Waals surface area contributed by atoms with Crippen LogP contribution in [0.3, 0.4) is 0 Å². The summed E-state index contributed by atoms with van der Waals surface area (Å²) in [5.74, 6) is -0.820. The first kappa shape index (κ1) is 19.9. The first-order chi connectivity index (χ1) is 10.9. The molecule has 134 valence electrons. The summed E-state index contributed by atoms with van der Waals surface area (Å²) in [5.41, 5.74) is 5.79. The minimum absolute atomic E-state index is 0.0100. The van der Waals surface area contributed by atoms with Crippen molar-refractivity contribution in [2.75, 3.05) is 13.2 Å². The Hall–Kier alpha value is -1.14. The Kier molecular flexibility index (Phi) is 8.55. The number of unbranched alkanes of at least 4 members (excludes halogenated alkanes) is 1. The summed E-state index contributed by atoms with van der Waals surface area (Å²) in [6, 6.07) is -0.666. The third-order valence-corrected chi connectivity index (χ3v) is 4.20. The van der Waals surface area contributed by atoms with Gasteiger partial charge in [0.05, 0.1) is 12.0 Å². The van der Waals surface area contributed by atoms with Gasteiger partial charge in [0.15, 0.2) is 0 Å². The molecule has 1 saturated heterocycles. The van der Waals surface area contributed by atoms with Gasteiger partial charge in [0.25, 0.3) is 0 Å². The van der Waals surface area contributed by atoms with Crippen molar-refractivity contribution < 1.29 is 23.8 Å². The van der Waals surface area contributed by atoms with Crippen LogP contribution in [0.1, 0.15) is 53.4 Å². The van der Waals surface area contributed by atoms with E-state index in [2.05, 4.69) is 6.92 Å². The number of hydrogen-bond acceptors (Lipinski definition) is 6. The maximum atomic E-state index is 11.9. The van der Waals surface area contributed by atoms with Gasteiger partial charge in [0.2, 0.25) is 0 Å². The summed E-state index contributed by atoms with van der Waals surface area (Å²) in [7, 11) is 0. The first-order valence-corrected chi connectivity index (χ1v) is 8.61. The first-order valence-electron chi connectivity index (χ1n) is 8.61. The molecule has 0 aromatic carbocycles. The Bertz CT molecular complexity index is 385. The zero-order valence-corrected chi connectivity index (χ0v) is 14.7. The third-order valence-electron chi connectivity index (χ3n) is 4.20. The molecule has 4 atom stereocenters. The summed E-state index contributed by atoms with van der Waals surface area (Å²) in [6.07, 6.45) is 2.69. The maximum absolute atomic E-state index is 11.9. The van der Waals surface area contributed by atoms with Gasteiger partial charge in [-0.2, -0.15) is 0 Å². The average Bonchev–Trinajstić information content (AvgIpc) is 2.54. The third kappa shape index (κ3) is 6.47. The van der Waals surface area contributed by atoms with Crippen LogP contribution in [-0.4, -0.2) is 43.4 Å². The Morgan fingerprint density at radius 2 is 2.13 bits per heavy atom. The topological polar surface area (TPSA) is 87.8 Å². The number of hydrogen-bond donors (Lipinski definition) is 1. The Morgan fingerprint density at radius 3 is 2.74 bits per heavy atom. The monoisotopic (exact) mass is 329 g/mol. The van der Waals surface area contributed by atoms with Crippen molar-refractivity contribution in [2.24, 2.45) is 17.6 Å². The van der Waals surface area contributed by atoms with E-state index in [0.717, 1.165) is 19.3 Å². The second-order valence-corrected chi connectivity index (χ2v) is 6.54. The van der Waals surface area contributed by atoms with Gasteiger partial charge in [-0.25, -0.2) is 0 Å². The molecule has 1 aliphatic rings. The molecule has 1 heterocycles. The molecule has 0 unspecified atom stereocenters. The maximum Gasteiger partial charge on any atom is 0.323 e. The molecule has 1 rings (SSSR count). The number of cyclic esters (lactones) is 1. The normalized spacial score (nSPS) is 29.4. The van der Waals surface area contributed by atoms with Crippen LogP contribution >= 0.6 is 0 Å². The lowest BCUT2D eigenvalue weighted by Crippen LogP contribution is -2.39. The van der Waals surface area contributed by atoms with Crippen molar-refractivity contribution in [1.82, 2.24) is 0 Å². The highest BCUT2D eigenvalue weighted by molar-refractivity contribution is 5.75. The summed E-state index contributed by atoms with van der Waals surface area (Å²) >= 11 is 0. The standard InChI is InChI=1S/C17H31NO5/c1-5-6-7-13-12(4)23-17(20)14(18)8-9-21-15(13)10-22-16(19)11(2)3/h11-15H,5-10,18H2,1-4H3/t12-,13-,14-,15+/m0/s1. The molecule has 2 N–H and O–H groups in total. The zero-order valence-electron chi connectivity index (χ0n) is 14.7. The lowest BCUT2D eigenvalue weighted by molar-refractivity contribution is -0.160. The van der Waals surface area contributed by atoms with Gasteiger partial charge in [-0.05, 0) is 19.8 Å². The molecule has 0 aromatic rings. The molecule has 1 aliphatic heterocycles. The van der Waals surface area contributed by atoms with E-state index in [0.29, 0.717) is 13.0 Å². The van der Waals surface area contributed by atoms with Gasteiger partial charge in [-0.15, -0.1) is 0 Å². The number of nitrogens with two attached hydrogens (primary N) is 1.